The monoisotopic (exact) mass is 305 g/mol. The summed E-state index contributed by atoms with van der Waals surface area (Å²) in [7, 11) is 0. The van der Waals surface area contributed by atoms with Crippen molar-refractivity contribution in [1.82, 2.24) is 10.2 Å². The number of aromatic nitrogens is 2. The van der Waals surface area contributed by atoms with Crippen molar-refractivity contribution in [2.24, 2.45) is 0 Å². The van der Waals surface area contributed by atoms with E-state index in [0.29, 0.717) is 12.6 Å². The van der Waals surface area contributed by atoms with E-state index in [2.05, 4.69) is 43.2 Å². The number of hydrogen-bond donors (Lipinski definition) is 1. The van der Waals surface area contributed by atoms with E-state index in [0.717, 1.165) is 21.6 Å². The maximum Gasteiger partial charge on any atom is 0.206 e. The third-order valence-electron chi connectivity index (χ3n) is 3.35. The van der Waals surface area contributed by atoms with Gasteiger partial charge in [0.05, 0.1) is 0 Å². The molecule has 21 heavy (non-hydrogen) atoms. The Balaban J connectivity index is 1.79. The molecule has 3 rings (SSSR count). The largest absolute Gasteiger partial charge is 0.485 e. The first kappa shape index (κ1) is 14.1. The summed E-state index contributed by atoms with van der Waals surface area (Å²) in [5.41, 5.74) is 2.40. The number of rotatable bonds is 3. The van der Waals surface area contributed by atoms with Crippen LogP contribution in [0.25, 0.3) is 0 Å². The zero-order valence-electron chi connectivity index (χ0n) is 12.6. The summed E-state index contributed by atoms with van der Waals surface area (Å²) in [5, 5.41) is 13.2. The molecule has 2 heterocycles. The molecular formula is C15H19N3O2S. The summed E-state index contributed by atoms with van der Waals surface area (Å²) < 4.78 is 11.8. The summed E-state index contributed by atoms with van der Waals surface area (Å²) in [6.45, 7) is 8.75. The Hall–Kier alpha value is -1.82. The Morgan fingerprint density at radius 1 is 1.19 bits per heavy atom. The third-order valence-corrected chi connectivity index (χ3v) is 4.29. The molecular weight excluding hydrogens is 286 g/mol. The van der Waals surface area contributed by atoms with Crippen LogP contribution < -0.4 is 14.8 Å². The average Bonchev–Trinajstić information content (AvgIpc) is 2.87. The van der Waals surface area contributed by atoms with Gasteiger partial charge in [-0.3, -0.25) is 0 Å². The van der Waals surface area contributed by atoms with Crippen LogP contribution in [0.15, 0.2) is 12.1 Å². The number of ether oxygens (including phenoxy) is 2. The first-order valence-electron chi connectivity index (χ1n) is 7.03. The Labute approximate surface area is 128 Å². The second kappa shape index (κ2) is 5.52. The summed E-state index contributed by atoms with van der Waals surface area (Å²) in [6, 6.07) is 4.37. The van der Waals surface area contributed by atoms with Gasteiger partial charge in [-0.2, -0.15) is 0 Å². The fourth-order valence-corrected chi connectivity index (χ4v) is 3.02. The van der Waals surface area contributed by atoms with Crippen LogP contribution in [-0.4, -0.2) is 22.8 Å². The van der Waals surface area contributed by atoms with Crippen molar-refractivity contribution in [1.29, 1.82) is 0 Å². The van der Waals surface area contributed by atoms with Gasteiger partial charge in [0.1, 0.15) is 6.61 Å². The van der Waals surface area contributed by atoms with E-state index in [9.17, 15) is 0 Å². The quantitative estimate of drug-likeness (QED) is 0.940. The zero-order valence-corrected chi connectivity index (χ0v) is 13.5. The third kappa shape index (κ3) is 2.95. The van der Waals surface area contributed by atoms with Crippen molar-refractivity contribution in [3.8, 4) is 11.5 Å². The van der Waals surface area contributed by atoms with Crippen LogP contribution in [-0.2, 0) is 0 Å². The number of fused-ring (bicyclic) bond motifs is 1. The van der Waals surface area contributed by atoms with E-state index in [1.54, 1.807) is 0 Å². The second-order valence-electron chi connectivity index (χ2n) is 5.55. The smallest absolute Gasteiger partial charge is 0.206 e. The van der Waals surface area contributed by atoms with Gasteiger partial charge in [0, 0.05) is 6.04 Å². The van der Waals surface area contributed by atoms with Gasteiger partial charge >= 0.3 is 0 Å². The summed E-state index contributed by atoms with van der Waals surface area (Å²) in [5.74, 6) is 1.59. The van der Waals surface area contributed by atoms with Crippen molar-refractivity contribution in [2.45, 2.75) is 39.8 Å². The standard InChI is InChI=1S/C15H19N3O2S/c1-8(2)16-15-18-17-14(21-15)13-7-19-11-5-9(3)10(4)6-12(11)20-13/h5-6,8,13H,7H2,1-4H3,(H,16,18). The molecule has 0 amide bonds. The Morgan fingerprint density at radius 3 is 2.62 bits per heavy atom. The van der Waals surface area contributed by atoms with E-state index in [4.69, 9.17) is 9.47 Å². The van der Waals surface area contributed by atoms with Crippen LogP contribution in [0.1, 0.15) is 36.1 Å². The fraction of sp³-hybridized carbons (Fsp3) is 0.467. The maximum absolute atomic E-state index is 6.03. The zero-order chi connectivity index (χ0) is 15.0. The lowest BCUT2D eigenvalue weighted by atomic mass is 10.1. The lowest BCUT2D eigenvalue weighted by molar-refractivity contribution is 0.0904. The highest BCUT2D eigenvalue weighted by Gasteiger charge is 2.26. The van der Waals surface area contributed by atoms with Gasteiger partial charge in [0.2, 0.25) is 5.13 Å². The normalized spacial score (nSPS) is 17.1. The van der Waals surface area contributed by atoms with Crippen LogP contribution in [0.3, 0.4) is 0 Å². The fourth-order valence-electron chi connectivity index (χ4n) is 2.11. The summed E-state index contributed by atoms with van der Waals surface area (Å²) in [6.07, 6.45) is -0.195. The van der Waals surface area contributed by atoms with Gasteiger partial charge in [0.15, 0.2) is 22.6 Å². The summed E-state index contributed by atoms with van der Waals surface area (Å²) in [4.78, 5) is 0. The molecule has 0 radical (unpaired) electrons. The predicted molar refractivity (Wildman–Crippen MR) is 83.4 cm³/mol. The first-order chi connectivity index (χ1) is 10.0. The number of hydrogen-bond acceptors (Lipinski definition) is 6. The average molecular weight is 305 g/mol. The van der Waals surface area contributed by atoms with Crippen molar-refractivity contribution in [3.05, 3.63) is 28.3 Å². The molecule has 1 aromatic heterocycles. The maximum atomic E-state index is 6.03. The predicted octanol–water partition coefficient (Wildman–Crippen LogP) is 3.49. The number of nitrogens with one attached hydrogen (secondary N) is 1. The van der Waals surface area contributed by atoms with Crippen LogP contribution >= 0.6 is 11.3 Å². The lowest BCUT2D eigenvalue weighted by Gasteiger charge is -2.25. The molecule has 1 aliphatic heterocycles. The van der Waals surface area contributed by atoms with E-state index < -0.39 is 0 Å². The number of nitrogens with zero attached hydrogens (tertiary/aromatic N) is 2. The molecule has 6 heteroatoms. The molecule has 1 aromatic carbocycles. The molecule has 2 aromatic rings. The molecule has 1 N–H and O–H groups in total. The van der Waals surface area contributed by atoms with Gasteiger partial charge in [-0.15, -0.1) is 10.2 Å². The molecule has 1 aliphatic rings. The summed E-state index contributed by atoms with van der Waals surface area (Å²) >= 11 is 1.51. The molecule has 1 unspecified atom stereocenters. The van der Waals surface area contributed by atoms with Crippen molar-refractivity contribution in [3.63, 3.8) is 0 Å². The highest BCUT2D eigenvalue weighted by Crippen LogP contribution is 2.39. The molecule has 5 nitrogen and oxygen atoms in total. The first-order valence-corrected chi connectivity index (χ1v) is 7.85. The van der Waals surface area contributed by atoms with Crippen LogP contribution in [0, 0.1) is 13.8 Å². The highest BCUT2D eigenvalue weighted by molar-refractivity contribution is 7.15. The molecule has 0 bridgehead atoms. The van der Waals surface area contributed by atoms with Gasteiger partial charge < -0.3 is 14.8 Å². The van der Waals surface area contributed by atoms with Gasteiger partial charge in [-0.1, -0.05) is 11.3 Å². The Bertz CT molecular complexity index is 654. The van der Waals surface area contributed by atoms with E-state index in [1.807, 2.05) is 12.1 Å². The molecule has 0 saturated carbocycles. The number of benzene rings is 1. The van der Waals surface area contributed by atoms with Crippen molar-refractivity contribution < 1.29 is 9.47 Å². The second-order valence-corrected chi connectivity index (χ2v) is 6.55. The van der Waals surface area contributed by atoms with Crippen molar-refractivity contribution >= 4 is 16.5 Å². The highest BCUT2D eigenvalue weighted by atomic mass is 32.1. The van der Waals surface area contributed by atoms with Gasteiger partial charge in [-0.05, 0) is 51.0 Å². The number of aryl methyl sites for hydroxylation is 2. The minimum absolute atomic E-state index is 0.195. The molecule has 1 atom stereocenters. The minimum Gasteiger partial charge on any atom is -0.485 e. The minimum atomic E-state index is -0.195. The molecule has 0 fully saturated rings. The SMILES string of the molecule is Cc1cc2c(cc1C)OC(c1nnc(NC(C)C)s1)CO2. The van der Waals surface area contributed by atoms with Crippen LogP contribution in [0.2, 0.25) is 0 Å². The van der Waals surface area contributed by atoms with E-state index in [1.165, 1.54) is 22.5 Å². The number of anilines is 1. The molecule has 0 saturated heterocycles. The van der Waals surface area contributed by atoms with E-state index >= 15 is 0 Å². The topological polar surface area (TPSA) is 56.3 Å². The molecule has 0 spiro atoms. The van der Waals surface area contributed by atoms with Crippen molar-refractivity contribution in [2.75, 3.05) is 11.9 Å². The Kier molecular flexibility index (Phi) is 3.71. The molecule has 112 valence electrons. The van der Waals surface area contributed by atoms with Gasteiger partial charge in [0.25, 0.3) is 0 Å². The van der Waals surface area contributed by atoms with Gasteiger partial charge in [-0.25, -0.2) is 0 Å². The Morgan fingerprint density at radius 2 is 1.90 bits per heavy atom. The molecule has 0 aliphatic carbocycles. The lowest BCUT2D eigenvalue weighted by Crippen LogP contribution is -2.21. The van der Waals surface area contributed by atoms with Crippen LogP contribution in [0.4, 0.5) is 5.13 Å². The van der Waals surface area contributed by atoms with Crippen LogP contribution in [0.5, 0.6) is 11.5 Å². The van der Waals surface area contributed by atoms with E-state index in [-0.39, 0.29) is 6.10 Å².